The van der Waals surface area contributed by atoms with Crippen molar-refractivity contribution in [1.82, 2.24) is 9.71 Å². The van der Waals surface area contributed by atoms with Gasteiger partial charge in [0.2, 0.25) is 21.8 Å². The molecule has 4 rings (SSSR count). The summed E-state index contributed by atoms with van der Waals surface area (Å²) >= 11 is 0. The van der Waals surface area contributed by atoms with Crippen LogP contribution in [0.1, 0.15) is 29.2 Å². The van der Waals surface area contributed by atoms with Crippen LogP contribution in [0.15, 0.2) is 71.8 Å². The van der Waals surface area contributed by atoms with Crippen LogP contribution in [0.4, 0.5) is 11.5 Å². The van der Waals surface area contributed by atoms with Gasteiger partial charge in [0.15, 0.2) is 0 Å². The van der Waals surface area contributed by atoms with E-state index in [2.05, 4.69) is 20.3 Å². The Morgan fingerprint density at radius 2 is 1.84 bits per heavy atom. The number of hydrogen-bond donors (Lipinski definition) is 3. The molecule has 2 aromatic carbocycles. The third kappa shape index (κ3) is 4.84. The van der Waals surface area contributed by atoms with Gasteiger partial charge in [0.05, 0.1) is 4.90 Å². The zero-order valence-corrected chi connectivity index (χ0v) is 18.1. The van der Waals surface area contributed by atoms with E-state index in [1.807, 2.05) is 6.92 Å². The molecular weight excluding hydrogens is 428 g/mol. The normalized spacial score (nSPS) is 14.2. The monoisotopic (exact) mass is 450 g/mol. The molecule has 1 atom stereocenters. The standard InChI is InChI=1S/C23H22N4O4S/c1-15-11-12-24-20(13-15)26-23(29)22(16-5-3-2-4-6-16)27-32(30,31)18-8-9-19-17(14-18)7-10-21(28)25-19/h2-6,8-9,11-14,22,27H,7,10H2,1H3,(H,25,28)(H,24,26,29). The van der Waals surface area contributed by atoms with Crippen LogP contribution >= 0.6 is 0 Å². The maximum atomic E-state index is 13.2. The number of hydrogen-bond acceptors (Lipinski definition) is 5. The number of aromatic nitrogens is 1. The molecule has 1 aromatic heterocycles. The van der Waals surface area contributed by atoms with E-state index in [0.29, 0.717) is 29.9 Å². The first kappa shape index (κ1) is 21.7. The summed E-state index contributed by atoms with van der Waals surface area (Å²) in [5, 5.41) is 5.42. The van der Waals surface area contributed by atoms with Crippen LogP contribution in [0.3, 0.4) is 0 Å². The fourth-order valence-corrected chi connectivity index (χ4v) is 4.71. The minimum atomic E-state index is -4.04. The number of carbonyl (C=O) groups is 2. The van der Waals surface area contributed by atoms with Crippen molar-refractivity contribution >= 4 is 33.3 Å². The van der Waals surface area contributed by atoms with Gasteiger partial charge < -0.3 is 10.6 Å². The molecule has 3 N–H and O–H groups in total. The Kier molecular flexibility index (Phi) is 6.02. The molecule has 1 aliphatic heterocycles. The number of benzene rings is 2. The summed E-state index contributed by atoms with van der Waals surface area (Å²) in [4.78, 5) is 28.8. The van der Waals surface area contributed by atoms with Crippen LogP contribution in [0.2, 0.25) is 0 Å². The van der Waals surface area contributed by atoms with Crippen LogP contribution < -0.4 is 15.4 Å². The smallest absolute Gasteiger partial charge is 0.248 e. The fourth-order valence-electron chi connectivity index (χ4n) is 3.47. The molecule has 0 spiro atoms. The lowest BCUT2D eigenvalue weighted by Gasteiger charge is -2.21. The van der Waals surface area contributed by atoms with Crippen LogP contribution in [0, 0.1) is 6.92 Å². The van der Waals surface area contributed by atoms with Gasteiger partial charge in [-0.15, -0.1) is 0 Å². The van der Waals surface area contributed by atoms with Crippen LogP contribution in [-0.2, 0) is 26.0 Å². The number of amides is 2. The molecule has 3 aromatic rings. The molecule has 1 aliphatic rings. The highest BCUT2D eigenvalue weighted by Crippen LogP contribution is 2.27. The van der Waals surface area contributed by atoms with E-state index in [1.54, 1.807) is 54.7 Å². The molecule has 0 saturated heterocycles. The van der Waals surface area contributed by atoms with E-state index in [1.165, 1.54) is 12.1 Å². The van der Waals surface area contributed by atoms with Crippen LogP contribution in [-0.4, -0.2) is 25.2 Å². The lowest BCUT2D eigenvalue weighted by molar-refractivity contribution is -0.118. The first-order valence-electron chi connectivity index (χ1n) is 10.1. The van der Waals surface area contributed by atoms with Gasteiger partial charge in [0, 0.05) is 18.3 Å². The lowest BCUT2D eigenvalue weighted by atomic mass is 10.0. The Morgan fingerprint density at radius 3 is 2.59 bits per heavy atom. The van der Waals surface area contributed by atoms with Gasteiger partial charge in [-0.2, -0.15) is 4.72 Å². The van der Waals surface area contributed by atoms with Crippen LogP contribution in [0.25, 0.3) is 0 Å². The molecule has 0 aliphatic carbocycles. The predicted octanol–water partition coefficient (Wildman–Crippen LogP) is 2.93. The van der Waals surface area contributed by atoms with E-state index >= 15 is 0 Å². The molecule has 0 radical (unpaired) electrons. The van der Waals surface area contributed by atoms with E-state index in [-0.39, 0.29) is 10.8 Å². The Bertz CT molecular complexity index is 1280. The molecule has 8 nitrogen and oxygen atoms in total. The van der Waals surface area contributed by atoms with Gasteiger partial charge >= 0.3 is 0 Å². The van der Waals surface area contributed by atoms with E-state index in [9.17, 15) is 18.0 Å². The number of aryl methyl sites for hydroxylation is 2. The van der Waals surface area contributed by atoms with Gasteiger partial charge in [0.25, 0.3) is 0 Å². The maximum absolute atomic E-state index is 13.2. The third-order valence-corrected chi connectivity index (χ3v) is 6.54. The van der Waals surface area contributed by atoms with Gasteiger partial charge in [0.1, 0.15) is 11.9 Å². The Morgan fingerprint density at radius 1 is 1.06 bits per heavy atom. The third-order valence-electron chi connectivity index (χ3n) is 5.12. The lowest BCUT2D eigenvalue weighted by Crippen LogP contribution is -2.37. The van der Waals surface area contributed by atoms with E-state index in [4.69, 9.17) is 0 Å². The van der Waals surface area contributed by atoms with Crippen molar-refractivity contribution in [3.63, 3.8) is 0 Å². The van der Waals surface area contributed by atoms with E-state index < -0.39 is 22.0 Å². The summed E-state index contributed by atoms with van der Waals surface area (Å²) in [6.07, 6.45) is 2.31. The molecule has 9 heteroatoms. The number of nitrogens with zero attached hydrogens (tertiary/aromatic N) is 1. The minimum Gasteiger partial charge on any atom is -0.326 e. The fraction of sp³-hybridized carbons (Fsp3) is 0.174. The average Bonchev–Trinajstić information content (AvgIpc) is 2.77. The average molecular weight is 451 g/mol. The highest BCUT2D eigenvalue weighted by Gasteiger charge is 2.28. The van der Waals surface area contributed by atoms with Crippen molar-refractivity contribution in [2.75, 3.05) is 10.6 Å². The number of fused-ring (bicyclic) bond motifs is 1. The van der Waals surface area contributed by atoms with Crippen molar-refractivity contribution in [2.24, 2.45) is 0 Å². The first-order chi connectivity index (χ1) is 15.3. The molecule has 2 heterocycles. The highest BCUT2D eigenvalue weighted by molar-refractivity contribution is 7.89. The molecule has 32 heavy (non-hydrogen) atoms. The molecule has 1 unspecified atom stereocenters. The zero-order valence-electron chi connectivity index (χ0n) is 17.3. The molecule has 2 amide bonds. The summed E-state index contributed by atoms with van der Waals surface area (Å²) < 4.78 is 28.9. The topological polar surface area (TPSA) is 117 Å². The van der Waals surface area contributed by atoms with Crippen LogP contribution in [0.5, 0.6) is 0 Å². The molecule has 0 fully saturated rings. The van der Waals surface area contributed by atoms with E-state index in [0.717, 1.165) is 11.1 Å². The SMILES string of the molecule is Cc1ccnc(NC(=O)C(NS(=O)(=O)c2ccc3c(c2)CCC(=O)N3)c2ccccc2)c1. The summed E-state index contributed by atoms with van der Waals surface area (Å²) in [7, 11) is -4.04. The maximum Gasteiger partial charge on any atom is 0.248 e. The van der Waals surface area contributed by atoms with Crippen molar-refractivity contribution in [1.29, 1.82) is 0 Å². The molecular formula is C23H22N4O4S. The Hall–Kier alpha value is -3.56. The van der Waals surface area contributed by atoms with Crippen molar-refractivity contribution < 1.29 is 18.0 Å². The number of rotatable bonds is 6. The second-order valence-corrected chi connectivity index (χ2v) is 9.25. The number of pyridine rings is 1. The second-order valence-electron chi connectivity index (χ2n) is 7.54. The molecule has 0 saturated carbocycles. The summed E-state index contributed by atoms with van der Waals surface area (Å²) in [6, 6.07) is 15.4. The summed E-state index contributed by atoms with van der Waals surface area (Å²) in [6.45, 7) is 1.87. The first-order valence-corrected chi connectivity index (χ1v) is 11.5. The molecule has 164 valence electrons. The highest BCUT2D eigenvalue weighted by atomic mass is 32.2. The Balaban J connectivity index is 1.63. The van der Waals surface area contributed by atoms with Crippen molar-refractivity contribution in [3.8, 4) is 0 Å². The van der Waals surface area contributed by atoms with Crippen molar-refractivity contribution in [3.05, 3.63) is 83.6 Å². The summed E-state index contributed by atoms with van der Waals surface area (Å²) in [5.41, 5.74) is 2.74. The molecule has 0 bridgehead atoms. The number of nitrogens with one attached hydrogen (secondary N) is 3. The van der Waals surface area contributed by atoms with Gasteiger partial charge in [-0.05, 0) is 60.4 Å². The number of carbonyl (C=O) groups excluding carboxylic acids is 2. The van der Waals surface area contributed by atoms with Gasteiger partial charge in [-0.25, -0.2) is 13.4 Å². The predicted molar refractivity (Wildman–Crippen MR) is 121 cm³/mol. The zero-order chi connectivity index (χ0) is 22.7. The quantitative estimate of drug-likeness (QED) is 0.534. The number of anilines is 2. The van der Waals surface area contributed by atoms with Gasteiger partial charge in [-0.1, -0.05) is 30.3 Å². The number of sulfonamides is 1. The second kappa shape index (κ2) is 8.89. The van der Waals surface area contributed by atoms with Crippen molar-refractivity contribution in [2.45, 2.75) is 30.7 Å². The summed E-state index contributed by atoms with van der Waals surface area (Å²) in [5.74, 6) is -0.320. The van der Waals surface area contributed by atoms with Gasteiger partial charge in [-0.3, -0.25) is 9.59 Å². The Labute approximate surface area is 186 Å². The minimum absolute atomic E-state index is 0.0230. The largest absolute Gasteiger partial charge is 0.326 e.